The van der Waals surface area contributed by atoms with E-state index in [0.29, 0.717) is 18.9 Å². The molecule has 0 bridgehead atoms. The monoisotopic (exact) mass is 355 g/mol. The van der Waals surface area contributed by atoms with Crippen LogP contribution in [-0.2, 0) is 9.59 Å². The second-order valence-electron chi connectivity index (χ2n) is 7.35. The molecule has 2 aliphatic rings. The molecule has 2 amide bonds. The van der Waals surface area contributed by atoms with Crippen LogP contribution >= 0.6 is 0 Å². The van der Waals surface area contributed by atoms with E-state index in [4.69, 9.17) is 0 Å². The fourth-order valence-electron chi connectivity index (χ4n) is 3.35. The van der Waals surface area contributed by atoms with E-state index >= 15 is 0 Å². The number of piperazine rings is 1. The van der Waals surface area contributed by atoms with Gasteiger partial charge in [0.15, 0.2) is 0 Å². The molecule has 1 aromatic carbocycles. The Hall–Kier alpha value is -2.14. The molecule has 5 heteroatoms. The highest BCUT2D eigenvalue weighted by molar-refractivity contribution is 5.82. The Morgan fingerprint density at radius 2 is 1.85 bits per heavy atom. The van der Waals surface area contributed by atoms with E-state index in [0.717, 1.165) is 39.1 Å². The first-order valence-electron chi connectivity index (χ1n) is 9.63. The quantitative estimate of drug-likeness (QED) is 0.814. The summed E-state index contributed by atoms with van der Waals surface area (Å²) in [6.45, 7) is 6.79. The largest absolute Gasteiger partial charge is 0.355 e. The van der Waals surface area contributed by atoms with Gasteiger partial charge < -0.3 is 10.2 Å². The number of nitrogens with zero attached hydrogens (tertiary/aromatic N) is 2. The van der Waals surface area contributed by atoms with Gasteiger partial charge in [-0.3, -0.25) is 14.5 Å². The van der Waals surface area contributed by atoms with Crippen LogP contribution in [0.4, 0.5) is 0 Å². The lowest BCUT2D eigenvalue weighted by atomic mass is 10.2. The summed E-state index contributed by atoms with van der Waals surface area (Å²) < 4.78 is 0. The van der Waals surface area contributed by atoms with Crippen molar-refractivity contribution >= 4 is 17.9 Å². The predicted octanol–water partition coefficient (Wildman–Crippen LogP) is 2.01. The topological polar surface area (TPSA) is 52.7 Å². The van der Waals surface area contributed by atoms with Crippen molar-refractivity contribution in [2.45, 2.75) is 19.8 Å². The van der Waals surface area contributed by atoms with E-state index in [1.165, 1.54) is 5.56 Å². The van der Waals surface area contributed by atoms with Crippen LogP contribution in [0.25, 0.3) is 6.08 Å². The maximum atomic E-state index is 12.3. The van der Waals surface area contributed by atoms with Gasteiger partial charge in [0, 0.05) is 51.6 Å². The molecule has 26 heavy (non-hydrogen) atoms. The third-order valence-corrected chi connectivity index (χ3v) is 5.28. The van der Waals surface area contributed by atoms with Crippen LogP contribution in [-0.4, -0.2) is 60.9 Å². The first kappa shape index (κ1) is 18.6. The minimum Gasteiger partial charge on any atom is -0.355 e. The number of hydrogen-bond donors (Lipinski definition) is 1. The molecule has 0 spiro atoms. The third-order valence-electron chi connectivity index (χ3n) is 5.28. The zero-order valence-electron chi connectivity index (χ0n) is 15.6. The van der Waals surface area contributed by atoms with Crippen molar-refractivity contribution in [3.05, 3.63) is 42.0 Å². The Kier molecular flexibility index (Phi) is 6.45. The summed E-state index contributed by atoms with van der Waals surface area (Å²) in [5, 5.41) is 2.89. The maximum Gasteiger partial charge on any atom is 0.224 e. The average Bonchev–Trinajstić information content (AvgIpc) is 3.40. The molecule has 2 fully saturated rings. The van der Waals surface area contributed by atoms with Crippen molar-refractivity contribution in [1.82, 2.24) is 15.1 Å². The standard InChI is InChI=1S/C21H29N3O2/c1-17-16-19(17)21(26)22-10-9-20(25)24-14-12-23(13-15-24)11-5-8-18-6-3-2-4-7-18/h2-8,17,19H,9-16H2,1H3,(H,22,26)/b8-5+. The Morgan fingerprint density at radius 1 is 1.15 bits per heavy atom. The lowest BCUT2D eigenvalue weighted by molar-refractivity contribution is -0.132. The molecule has 1 saturated heterocycles. The van der Waals surface area contributed by atoms with Crippen LogP contribution in [0.2, 0.25) is 0 Å². The lowest BCUT2D eigenvalue weighted by Crippen LogP contribution is -2.49. The minimum atomic E-state index is 0.111. The minimum absolute atomic E-state index is 0.111. The van der Waals surface area contributed by atoms with Gasteiger partial charge in [-0.1, -0.05) is 49.4 Å². The predicted molar refractivity (Wildman–Crippen MR) is 103 cm³/mol. The highest BCUT2D eigenvalue weighted by Crippen LogP contribution is 2.37. The normalized spacial score (nSPS) is 23.2. The zero-order valence-corrected chi connectivity index (χ0v) is 15.6. The molecule has 5 nitrogen and oxygen atoms in total. The number of amides is 2. The lowest BCUT2D eigenvalue weighted by Gasteiger charge is -2.34. The molecular weight excluding hydrogens is 326 g/mol. The molecule has 0 aromatic heterocycles. The second-order valence-corrected chi connectivity index (χ2v) is 7.35. The molecule has 1 aliphatic heterocycles. The fourth-order valence-corrected chi connectivity index (χ4v) is 3.35. The first-order valence-corrected chi connectivity index (χ1v) is 9.63. The first-order chi connectivity index (χ1) is 12.6. The van der Waals surface area contributed by atoms with Crippen molar-refractivity contribution < 1.29 is 9.59 Å². The summed E-state index contributed by atoms with van der Waals surface area (Å²) in [5.74, 6) is 0.946. The third kappa shape index (κ3) is 5.43. The van der Waals surface area contributed by atoms with Crippen LogP contribution in [0.5, 0.6) is 0 Å². The van der Waals surface area contributed by atoms with Crippen molar-refractivity contribution in [1.29, 1.82) is 0 Å². The molecule has 140 valence electrons. The Balaban J connectivity index is 1.31. The summed E-state index contributed by atoms with van der Waals surface area (Å²) >= 11 is 0. The van der Waals surface area contributed by atoms with Gasteiger partial charge in [0.05, 0.1) is 0 Å². The summed E-state index contributed by atoms with van der Waals surface area (Å²) in [5.41, 5.74) is 1.21. The molecule has 1 N–H and O–H groups in total. The van der Waals surface area contributed by atoms with Crippen LogP contribution in [0.15, 0.2) is 36.4 Å². The summed E-state index contributed by atoms with van der Waals surface area (Å²) in [7, 11) is 0. The van der Waals surface area contributed by atoms with Gasteiger partial charge in [-0.2, -0.15) is 0 Å². The number of hydrogen-bond acceptors (Lipinski definition) is 3. The van der Waals surface area contributed by atoms with E-state index in [-0.39, 0.29) is 17.7 Å². The average molecular weight is 355 g/mol. The van der Waals surface area contributed by atoms with Gasteiger partial charge in [-0.15, -0.1) is 0 Å². The van der Waals surface area contributed by atoms with Crippen LogP contribution < -0.4 is 5.32 Å². The van der Waals surface area contributed by atoms with Crippen LogP contribution in [0.3, 0.4) is 0 Å². The van der Waals surface area contributed by atoms with E-state index in [1.54, 1.807) is 0 Å². The summed E-state index contributed by atoms with van der Waals surface area (Å²) in [6.07, 6.45) is 5.71. The van der Waals surface area contributed by atoms with Gasteiger partial charge in [0.2, 0.25) is 11.8 Å². The van der Waals surface area contributed by atoms with E-state index in [2.05, 4.69) is 41.4 Å². The van der Waals surface area contributed by atoms with Gasteiger partial charge in [-0.05, 0) is 17.9 Å². The molecule has 2 unspecified atom stereocenters. The van der Waals surface area contributed by atoms with Crippen molar-refractivity contribution in [3.63, 3.8) is 0 Å². The maximum absolute atomic E-state index is 12.3. The molecular formula is C21H29N3O2. The Morgan fingerprint density at radius 3 is 2.50 bits per heavy atom. The number of nitrogens with one attached hydrogen (secondary N) is 1. The Labute approximate surface area is 156 Å². The molecule has 1 aromatic rings. The zero-order chi connectivity index (χ0) is 18.4. The van der Waals surface area contributed by atoms with Gasteiger partial charge in [-0.25, -0.2) is 0 Å². The second kappa shape index (κ2) is 8.99. The number of rotatable bonds is 7. The van der Waals surface area contributed by atoms with Gasteiger partial charge in [0.1, 0.15) is 0 Å². The molecule has 0 radical (unpaired) electrons. The van der Waals surface area contributed by atoms with E-state index in [1.807, 2.05) is 23.1 Å². The number of carbonyl (C=O) groups is 2. The summed E-state index contributed by atoms with van der Waals surface area (Å²) in [6, 6.07) is 10.3. The molecule has 2 atom stereocenters. The van der Waals surface area contributed by atoms with Crippen molar-refractivity contribution in [3.8, 4) is 0 Å². The molecule has 3 rings (SSSR count). The highest BCUT2D eigenvalue weighted by Gasteiger charge is 2.38. The SMILES string of the molecule is CC1CC1C(=O)NCCC(=O)N1CCN(C/C=C/c2ccccc2)CC1. The molecule has 1 aliphatic carbocycles. The van der Waals surface area contributed by atoms with Crippen LogP contribution in [0, 0.1) is 11.8 Å². The molecule has 1 heterocycles. The van der Waals surface area contributed by atoms with Crippen molar-refractivity contribution in [2.24, 2.45) is 11.8 Å². The van der Waals surface area contributed by atoms with Gasteiger partial charge >= 0.3 is 0 Å². The number of carbonyl (C=O) groups excluding carboxylic acids is 2. The van der Waals surface area contributed by atoms with Gasteiger partial charge in [0.25, 0.3) is 0 Å². The van der Waals surface area contributed by atoms with E-state index in [9.17, 15) is 9.59 Å². The van der Waals surface area contributed by atoms with E-state index < -0.39 is 0 Å². The number of benzene rings is 1. The Bertz CT molecular complexity index is 636. The highest BCUT2D eigenvalue weighted by atomic mass is 16.2. The smallest absolute Gasteiger partial charge is 0.224 e. The fraction of sp³-hybridized carbons (Fsp3) is 0.524. The molecule has 1 saturated carbocycles. The van der Waals surface area contributed by atoms with Crippen molar-refractivity contribution in [2.75, 3.05) is 39.3 Å². The summed E-state index contributed by atoms with van der Waals surface area (Å²) in [4.78, 5) is 28.3. The van der Waals surface area contributed by atoms with Crippen LogP contribution in [0.1, 0.15) is 25.3 Å².